The molecule has 0 amide bonds. The summed E-state index contributed by atoms with van der Waals surface area (Å²) in [4.78, 5) is 4.65. The quantitative estimate of drug-likeness (QED) is 0.549. The number of hydrogen-bond donors (Lipinski definition) is 0. The van der Waals surface area contributed by atoms with Crippen LogP contribution in [0.25, 0.3) is 23.1 Å². The van der Waals surface area contributed by atoms with E-state index in [1.807, 2.05) is 71.7 Å². The Bertz CT molecular complexity index is 984. The van der Waals surface area contributed by atoms with Crippen molar-refractivity contribution in [3.63, 3.8) is 0 Å². The van der Waals surface area contributed by atoms with Gasteiger partial charge in [0.25, 0.3) is 0 Å². The van der Waals surface area contributed by atoms with Gasteiger partial charge in [-0.05, 0) is 29.8 Å². The molecule has 2 aromatic carbocycles. The molecule has 2 aromatic heterocycles. The molecule has 2 heterocycles. The molecular formula is C21H17N3. The van der Waals surface area contributed by atoms with Crippen LogP contribution in [0.1, 0.15) is 16.8 Å². The highest BCUT2D eigenvalue weighted by Gasteiger charge is 1.98. The van der Waals surface area contributed by atoms with Gasteiger partial charge in [0.15, 0.2) is 0 Å². The molecule has 0 aliphatic carbocycles. The first-order valence-corrected chi connectivity index (χ1v) is 7.97. The topological polar surface area (TPSA) is 30.7 Å². The van der Waals surface area contributed by atoms with E-state index in [1.54, 1.807) is 0 Å². The maximum atomic E-state index is 4.65. The molecule has 0 spiro atoms. The Morgan fingerprint density at radius 1 is 0.833 bits per heavy atom. The number of benzene rings is 2. The molecule has 4 rings (SSSR count). The normalized spacial score (nSPS) is 11.3. The van der Waals surface area contributed by atoms with E-state index < -0.39 is 0 Å². The highest BCUT2D eigenvalue weighted by Crippen LogP contribution is 2.14. The van der Waals surface area contributed by atoms with Gasteiger partial charge in [-0.2, -0.15) is 5.10 Å². The van der Waals surface area contributed by atoms with Gasteiger partial charge in [0.1, 0.15) is 0 Å². The number of nitrogens with zero attached hydrogens (tertiary/aromatic N) is 3. The first-order chi connectivity index (χ1) is 11.9. The van der Waals surface area contributed by atoms with Crippen molar-refractivity contribution in [1.82, 2.24) is 14.8 Å². The molecular weight excluding hydrogens is 294 g/mol. The standard InChI is InChI=1S/C21H17N3/c1-2-6-17(7-3-1)15-24-16-18(14-22-24)10-12-20-13-11-19-8-4-5-9-21(19)23-20/h1-14,16H,15H2/b12-10+. The molecule has 0 aliphatic rings. The lowest BCUT2D eigenvalue weighted by Gasteiger charge is -2.00. The highest BCUT2D eigenvalue weighted by molar-refractivity contribution is 5.80. The van der Waals surface area contributed by atoms with Gasteiger partial charge >= 0.3 is 0 Å². The third-order valence-electron chi connectivity index (χ3n) is 3.91. The summed E-state index contributed by atoms with van der Waals surface area (Å²) in [7, 11) is 0. The summed E-state index contributed by atoms with van der Waals surface area (Å²) in [6, 6.07) is 22.6. The van der Waals surface area contributed by atoms with Crippen LogP contribution in [0.2, 0.25) is 0 Å². The van der Waals surface area contributed by atoms with Crippen molar-refractivity contribution >= 4 is 23.1 Å². The van der Waals surface area contributed by atoms with Gasteiger partial charge in [0.2, 0.25) is 0 Å². The Labute approximate surface area is 140 Å². The van der Waals surface area contributed by atoms with Gasteiger partial charge in [0.05, 0.1) is 24.0 Å². The van der Waals surface area contributed by atoms with Crippen LogP contribution >= 0.6 is 0 Å². The fourth-order valence-corrected chi connectivity index (χ4v) is 2.68. The average molecular weight is 311 g/mol. The predicted molar refractivity (Wildman–Crippen MR) is 98.4 cm³/mol. The van der Waals surface area contributed by atoms with Crippen LogP contribution in [0.4, 0.5) is 0 Å². The summed E-state index contributed by atoms with van der Waals surface area (Å²) in [6.45, 7) is 0.781. The molecule has 0 fully saturated rings. The lowest BCUT2D eigenvalue weighted by molar-refractivity contribution is 0.687. The van der Waals surface area contributed by atoms with Gasteiger partial charge in [-0.25, -0.2) is 4.98 Å². The number of pyridine rings is 1. The number of aromatic nitrogens is 3. The lowest BCUT2D eigenvalue weighted by atomic mass is 10.2. The SMILES string of the molecule is C(=C\c1ccc2ccccc2n1)/c1cnn(Cc2ccccc2)c1. The molecule has 0 saturated carbocycles. The molecule has 4 aromatic rings. The summed E-state index contributed by atoms with van der Waals surface area (Å²) in [6.07, 6.45) is 7.99. The van der Waals surface area contributed by atoms with E-state index in [-0.39, 0.29) is 0 Å². The number of fused-ring (bicyclic) bond motifs is 1. The van der Waals surface area contributed by atoms with Crippen molar-refractivity contribution in [2.24, 2.45) is 0 Å². The van der Waals surface area contributed by atoms with Crippen molar-refractivity contribution in [2.75, 3.05) is 0 Å². The molecule has 3 heteroatoms. The maximum Gasteiger partial charge on any atom is 0.0709 e. The second-order valence-electron chi connectivity index (χ2n) is 5.72. The van der Waals surface area contributed by atoms with Crippen molar-refractivity contribution in [3.05, 3.63) is 95.9 Å². The van der Waals surface area contributed by atoms with E-state index in [2.05, 4.69) is 34.3 Å². The molecule has 0 atom stereocenters. The summed E-state index contributed by atoms with van der Waals surface area (Å²) < 4.78 is 1.95. The van der Waals surface area contributed by atoms with E-state index in [9.17, 15) is 0 Å². The van der Waals surface area contributed by atoms with Gasteiger partial charge in [-0.3, -0.25) is 4.68 Å². The predicted octanol–water partition coefficient (Wildman–Crippen LogP) is 4.65. The van der Waals surface area contributed by atoms with E-state index in [0.717, 1.165) is 28.7 Å². The van der Waals surface area contributed by atoms with Crippen molar-refractivity contribution in [1.29, 1.82) is 0 Å². The molecule has 0 aliphatic heterocycles. The molecule has 3 nitrogen and oxygen atoms in total. The Balaban J connectivity index is 1.51. The van der Waals surface area contributed by atoms with Crippen LogP contribution in [0.15, 0.2) is 79.1 Å². The minimum absolute atomic E-state index is 0.781. The van der Waals surface area contributed by atoms with Gasteiger partial charge in [-0.1, -0.05) is 54.6 Å². The summed E-state index contributed by atoms with van der Waals surface area (Å²) in [5.74, 6) is 0. The first kappa shape index (κ1) is 14.4. The first-order valence-electron chi connectivity index (χ1n) is 7.97. The molecule has 0 unspecified atom stereocenters. The Morgan fingerprint density at radius 2 is 1.67 bits per heavy atom. The third-order valence-corrected chi connectivity index (χ3v) is 3.91. The molecule has 0 bridgehead atoms. The zero-order chi connectivity index (χ0) is 16.2. The summed E-state index contributed by atoms with van der Waals surface area (Å²) in [5, 5.41) is 5.58. The van der Waals surface area contributed by atoms with Gasteiger partial charge in [0, 0.05) is 17.1 Å². The van der Waals surface area contributed by atoms with Crippen LogP contribution in [-0.2, 0) is 6.54 Å². The van der Waals surface area contributed by atoms with Crippen LogP contribution in [0.5, 0.6) is 0 Å². The number of para-hydroxylation sites is 1. The van der Waals surface area contributed by atoms with Crippen LogP contribution < -0.4 is 0 Å². The Hall–Kier alpha value is -3.20. The number of rotatable bonds is 4. The van der Waals surface area contributed by atoms with E-state index in [0.29, 0.717) is 0 Å². The van der Waals surface area contributed by atoms with Gasteiger partial charge < -0.3 is 0 Å². The molecule has 24 heavy (non-hydrogen) atoms. The second-order valence-corrected chi connectivity index (χ2v) is 5.72. The van der Waals surface area contributed by atoms with Crippen LogP contribution in [0, 0.1) is 0 Å². The Kier molecular flexibility index (Phi) is 3.90. The van der Waals surface area contributed by atoms with E-state index in [4.69, 9.17) is 0 Å². The zero-order valence-corrected chi connectivity index (χ0v) is 13.2. The summed E-state index contributed by atoms with van der Waals surface area (Å²) in [5.41, 5.74) is 4.28. The minimum Gasteiger partial charge on any atom is -0.268 e. The third kappa shape index (κ3) is 3.25. The molecule has 0 radical (unpaired) electrons. The number of hydrogen-bond acceptors (Lipinski definition) is 2. The van der Waals surface area contributed by atoms with Crippen molar-refractivity contribution in [3.8, 4) is 0 Å². The highest BCUT2D eigenvalue weighted by atomic mass is 15.3. The van der Waals surface area contributed by atoms with Gasteiger partial charge in [-0.15, -0.1) is 0 Å². The smallest absolute Gasteiger partial charge is 0.0709 e. The van der Waals surface area contributed by atoms with E-state index in [1.165, 1.54) is 5.56 Å². The zero-order valence-electron chi connectivity index (χ0n) is 13.2. The maximum absolute atomic E-state index is 4.65. The molecule has 116 valence electrons. The summed E-state index contributed by atoms with van der Waals surface area (Å²) >= 11 is 0. The van der Waals surface area contributed by atoms with Crippen molar-refractivity contribution in [2.45, 2.75) is 6.54 Å². The molecule has 0 saturated heterocycles. The monoisotopic (exact) mass is 311 g/mol. The Morgan fingerprint density at radius 3 is 2.58 bits per heavy atom. The fraction of sp³-hybridized carbons (Fsp3) is 0.0476. The van der Waals surface area contributed by atoms with Crippen molar-refractivity contribution < 1.29 is 0 Å². The largest absolute Gasteiger partial charge is 0.268 e. The average Bonchev–Trinajstić information content (AvgIpc) is 3.08. The minimum atomic E-state index is 0.781. The second kappa shape index (κ2) is 6.50. The molecule has 0 N–H and O–H groups in total. The fourth-order valence-electron chi connectivity index (χ4n) is 2.68. The van der Waals surface area contributed by atoms with Crippen LogP contribution in [-0.4, -0.2) is 14.8 Å². The van der Waals surface area contributed by atoms with Crippen LogP contribution in [0.3, 0.4) is 0 Å². The lowest BCUT2D eigenvalue weighted by Crippen LogP contribution is -1.99. The van der Waals surface area contributed by atoms with E-state index >= 15 is 0 Å².